The molecule has 141 heavy (non-hydrogen) atoms. The van der Waals surface area contributed by atoms with Crippen LogP contribution in [-0.2, 0) is 14.4 Å². The van der Waals surface area contributed by atoms with Crippen molar-refractivity contribution in [2.75, 3.05) is 71.2 Å². The Morgan fingerprint density at radius 1 is 0.383 bits per heavy atom. The highest BCUT2D eigenvalue weighted by Crippen LogP contribution is 2.50. The molecular weight excluding hydrogens is 1980 g/mol. The average Bonchev–Trinajstić information content (AvgIpc) is 0.725. The van der Waals surface area contributed by atoms with Gasteiger partial charge in [-0.1, -0.05) is 142 Å². The van der Waals surface area contributed by atoms with E-state index in [4.69, 9.17) is 103 Å². The second-order valence-electron chi connectivity index (χ2n) is 35.3. The summed E-state index contributed by atoms with van der Waals surface area (Å²) in [6, 6.07) is 13.3. The summed E-state index contributed by atoms with van der Waals surface area (Å²) in [5.41, 5.74) is 12.5. The molecule has 3 saturated heterocycles. The monoisotopic (exact) mass is 2070 g/mol. The number of carbonyl (C=O) groups is 3. The smallest absolute Gasteiger partial charge is 0.276 e. The van der Waals surface area contributed by atoms with Crippen molar-refractivity contribution in [2.24, 2.45) is 0 Å². The van der Waals surface area contributed by atoms with Gasteiger partial charge >= 0.3 is 0 Å². The number of nitrogens with two attached hydrogens (primary N) is 3. The molecule has 3 aliphatic rings. The highest BCUT2D eigenvalue weighted by atomic mass is 35.5. The fraction of sp³-hybridized carbons (Fsp3) is 0.303. The van der Waals surface area contributed by atoms with Crippen molar-refractivity contribution in [3.63, 3.8) is 0 Å². The number of rotatable bonds is 15. The van der Waals surface area contributed by atoms with Crippen LogP contribution >= 0.6 is 81.2 Å². The van der Waals surface area contributed by atoms with Gasteiger partial charge in [-0.05, 0) is 151 Å². The molecule has 3 fully saturated rings. The lowest BCUT2D eigenvalue weighted by Crippen LogP contribution is -2.58. The number of fused-ring (bicyclic) bond motifs is 3. The molecule has 0 radical (unpaired) electrons. The van der Waals surface area contributed by atoms with Gasteiger partial charge in [0.25, 0.3) is 16.7 Å². The van der Waals surface area contributed by atoms with Gasteiger partial charge in [0.15, 0.2) is 46.5 Å². The molecule has 9 aromatic heterocycles. The molecule has 0 saturated carbocycles. The number of anilines is 6. The topological polar surface area (TPSA) is 363 Å². The van der Waals surface area contributed by atoms with Crippen LogP contribution in [0.1, 0.15) is 151 Å². The number of benzene rings is 3. The van der Waals surface area contributed by atoms with Gasteiger partial charge in [0.05, 0.1) is 115 Å². The molecule has 0 spiro atoms. The average molecular weight is 2070 g/mol. The molecule has 12 aromatic rings. The molecule has 3 amide bonds. The Labute approximate surface area is 838 Å². The van der Waals surface area contributed by atoms with Crippen LogP contribution in [0, 0.1) is 101 Å². The van der Waals surface area contributed by atoms with E-state index in [1.807, 2.05) is 88.0 Å². The quantitative estimate of drug-likeness (QED) is 0.0282. The second kappa shape index (κ2) is 41.0. The van der Waals surface area contributed by atoms with Crippen LogP contribution in [0.25, 0.3) is 83.9 Å². The van der Waals surface area contributed by atoms with Gasteiger partial charge in [0.2, 0.25) is 17.7 Å². The number of carbonyl (C=O) groups excluding carboxylic acids is 3. The Morgan fingerprint density at radius 3 is 0.908 bits per heavy atom. The van der Waals surface area contributed by atoms with Crippen LogP contribution in [0.5, 0.6) is 0 Å². The van der Waals surface area contributed by atoms with Crippen molar-refractivity contribution in [3.8, 4) is 69.0 Å². The number of pyridine rings is 9. The van der Waals surface area contributed by atoms with Crippen LogP contribution in [0.15, 0.2) is 107 Å². The molecule has 12 heterocycles. The van der Waals surface area contributed by atoms with Gasteiger partial charge < -0.3 is 46.6 Å². The Morgan fingerprint density at radius 2 is 0.638 bits per heavy atom. The molecule has 27 nitrogen and oxygen atoms in total. The number of hydrogen-bond acceptors (Lipinski definition) is 21. The Bertz CT molecular complexity index is 6860. The molecule has 0 unspecified atom stereocenters. The molecule has 6 atom stereocenters. The van der Waals surface area contributed by atoms with Crippen LogP contribution in [-0.4, -0.2) is 152 Å². The number of aryl methyl sites for hydroxylation is 3. The lowest BCUT2D eigenvalue weighted by molar-refractivity contribution is -0.131. The maximum Gasteiger partial charge on any atom is 0.276 e. The number of nitrogens with zero attached hydrogens (tertiary/aromatic N) is 18. The molecule has 0 bridgehead atoms. The SMILES string of the molecule is C=CC(=O)N1[C@H](C)CN(c2c(C#N)c(=O)n(-c3c(C)ccnc3C(C)C)c3nc(-c4c(F)c(N)c(F)c(Cl)c4Cl)c(Cl)cc23)C[C@@H]1C.C=CC(=O)N1[C@H](C)CN(c2c(C#N)c(=O)n(-c3c(C)ccnc3C(C)C)c3nc(-c4c(F)c(N)c(F)c(Cl)c4F)c(Cl)cc23)C[C@@H]1C.C=CC(=O)N1[C@H](C)CN(c2c(C#N)c(=O)n(-c3c(C)ccnc3C(C)C)c3nc(-c4c(F)c(N)c(F)c(F)c4Cl)c(Cl)cc23)C[C@@H]1C. The van der Waals surface area contributed by atoms with Crippen LogP contribution < -0.4 is 48.6 Å². The first kappa shape index (κ1) is 105. The van der Waals surface area contributed by atoms with E-state index in [0.29, 0.717) is 50.8 Å². The number of amides is 3. The second-order valence-corrected chi connectivity index (χ2v) is 38.1. The minimum atomic E-state index is -1.67. The summed E-state index contributed by atoms with van der Waals surface area (Å²) >= 11 is 44.6. The zero-order valence-electron chi connectivity index (χ0n) is 78.4. The molecule has 3 aliphatic heterocycles. The predicted octanol–water partition coefficient (Wildman–Crippen LogP) is 20.5. The van der Waals surface area contributed by atoms with Crippen molar-refractivity contribution in [2.45, 2.75) is 158 Å². The summed E-state index contributed by atoms with van der Waals surface area (Å²) in [5, 5.41) is 28.4. The summed E-state index contributed by atoms with van der Waals surface area (Å²) in [7, 11) is 0. The Balaban J connectivity index is 0.000000178. The van der Waals surface area contributed by atoms with E-state index in [2.05, 4.69) is 62.9 Å². The van der Waals surface area contributed by atoms with Crippen LogP contribution in [0.4, 0.5) is 69.2 Å². The van der Waals surface area contributed by atoms with E-state index in [0.717, 1.165) is 0 Å². The molecular formula is C99H90Cl7F8N21O6. The highest BCUT2D eigenvalue weighted by molar-refractivity contribution is 6.45. The molecule has 15 rings (SSSR count). The van der Waals surface area contributed by atoms with Gasteiger partial charge in [0, 0.05) is 110 Å². The van der Waals surface area contributed by atoms with E-state index < -0.39 is 128 Å². The van der Waals surface area contributed by atoms with Gasteiger partial charge in [0.1, 0.15) is 73.9 Å². The van der Waals surface area contributed by atoms with E-state index in [-0.39, 0.29) is 199 Å². The first-order valence-corrected chi connectivity index (χ1v) is 46.5. The number of nitriles is 3. The van der Waals surface area contributed by atoms with Crippen molar-refractivity contribution in [3.05, 3.63) is 256 Å². The van der Waals surface area contributed by atoms with Crippen LogP contribution in [0.2, 0.25) is 35.2 Å². The Kier molecular flexibility index (Phi) is 30.5. The minimum absolute atomic E-state index is 0.000731. The summed E-state index contributed by atoms with van der Waals surface area (Å²) < 4.78 is 124. The van der Waals surface area contributed by atoms with Crippen molar-refractivity contribution < 1.29 is 49.5 Å². The number of aromatic nitrogens is 9. The number of piperazine rings is 3. The Hall–Kier alpha value is -13.4. The minimum Gasteiger partial charge on any atom is -0.394 e. The third kappa shape index (κ3) is 18.2. The fourth-order valence-electron chi connectivity index (χ4n) is 18.8. The lowest BCUT2D eigenvalue weighted by Gasteiger charge is -2.45. The molecule has 0 aliphatic carbocycles. The van der Waals surface area contributed by atoms with Gasteiger partial charge in [-0.3, -0.25) is 57.4 Å². The normalized spacial score (nSPS) is 16.6. The van der Waals surface area contributed by atoms with Gasteiger partial charge in [-0.25, -0.2) is 50.1 Å². The third-order valence-electron chi connectivity index (χ3n) is 24.9. The largest absolute Gasteiger partial charge is 0.394 e. The van der Waals surface area contributed by atoms with E-state index in [1.165, 1.54) is 50.1 Å². The number of halogens is 15. The van der Waals surface area contributed by atoms with Gasteiger partial charge in [-0.2, -0.15) is 15.8 Å². The van der Waals surface area contributed by atoms with Gasteiger partial charge in [-0.15, -0.1) is 0 Å². The lowest BCUT2D eigenvalue weighted by atomic mass is 10.0. The zero-order chi connectivity index (χ0) is 104. The first-order valence-electron chi connectivity index (χ1n) is 43.9. The van der Waals surface area contributed by atoms with Crippen LogP contribution in [0.3, 0.4) is 0 Å². The fourth-order valence-corrected chi connectivity index (χ4v) is 20.4. The first-order chi connectivity index (χ1) is 66.5. The highest BCUT2D eigenvalue weighted by Gasteiger charge is 2.42. The number of nitrogen functional groups attached to an aromatic ring is 3. The molecule has 42 heteroatoms. The maximum atomic E-state index is 15.6. The van der Waals surface area contributed by atoms with E-state index in [9.17, 15) is 62.1 Å². The summed E-state index contributed by atoms with van der Waals surface area (Å²) in [6.45, 7) is 39.8. The predicted molar refractivity (Wildman–Crippen MR) is 535 cm³/mol. The molecule has 6 N–H and O–H groups in total. The summed E-state index contributed by atoms with van der Waals surface area (Å²) in [5.74, 6) is -12.9. The van der Waals surface area contributed by atoms with Crippen molar-refractivity contribution in [1.82, 2.24) is 58.3 Å². The molecule has 732 valence electrons. The van der Waals surface area contributed by atoms with E-state index >= 15 is 17.6 Å². The summed E-state index contributed by atoms with van der Waals surface area (Å²) in [6.07, 6.45) is 8.47. The van der Waals surface area contributed by atoms with E-state index in [1.54, 1.807) is 82.1 Å². The standard InChI is InChI=1S/C33H30Cl3F2N7O2.2C33H30Cl2F3N7O2/c1-7-21(46)44-16(5)12-43(13-17(44)6)31-18-10-20(34)29(22-23(35)24(36)26(38)27(40)25(22)37)42-32(18)45(33(47)19(31)11-39)30-15(4)8-9-41-28(30)14(2)3;1-7-21(46)44-16(5)12-43(13-17(44)6)31-18-10-20(34)29(22-24(36)23(35)26(38)27(40)25(22)37)42-32(18)45(33(47)19(31)11-39)30-15(4)8-9-41-28(30)14(2)3;1-7-21(46)44-16(5)12-43(13-17(44)6)31-18-10-20(34)29(22-23(35)25(37)26(38)27(40)24(22)36)42-32(18)45(33(47)19(31)11-39)30-15(4)8-9-41-28(30)14(2)3/h3*7-10,14,16-17H,1,12-13,40H2,2-6H3/t3*16-,17+. The maximum absolute atomic E-state index is 15.6. The van der Waals surface area contributed by atoms with Crippen molar-refractivity contribution in [1.29, 1.82) is 15.8 Å². The third-order valence-corrected chi connectivity index (χ3v) is 27.3. The van der Waals surface area contributed by atoms with Crippen molar-refractivity contribution >= 4 is 166 Å². The number of hydrogen-bond donors (Lipinski definition) is 3. The molecule has 3 aromatic carbocycles. The summed E-state index contributed by atoms with van der Waals surface area (Å²) in [4.78, 5) is 119. The zero-order valence-corrected chi connectivity index (χ0v) is 83.7.